The molecule has 0 aromatic carbocycles. The Labute approximate surface area is 88.2 Å². The van der Waals surface area contributed by atoms with Crippen molar-refractivity contribution in [3.05, 3.63) is 0 Å². The lowest BCUT2D eigenvalue weighted by Crippen LogP contribution is -2.55. The molecule has 1 atom stereocenters. The molecule has 0 aromatic heterocycles. The van der Waals surface area contributed by atoms with Crippen molar-refractivity contribution in [2.24, 2.45) is 0 Å². The van der Waals surface area contributed by atoms with Crippen LogP contribution in [-0.4, -0.2) is 61.3 Å². The summed E-state index contributed by atoms with van der Waals surface area (Å²) in [6.45, 7) is 1.65. The number of aliphatic carboxylic acids is 1. The molecule has 0 bridgehead atoms. The highest BCUT2D eigenvalue weighted by Crippen LogP contribution is 2.03. The molecule has 0 saturated carbocycles. The second-order valence-electron chi connectivity index (χ2n) is 3.51. The maximum atomic E-state index is 11.4. The summed E-state index contributed by atoms with van der Waals surface area (Å²) in [5, 5.41) is 11.5. The summed E-state index contributed by atoms with van der Waals surface area (Å²) in [5.41, 5.74) is 0. The molecule has 0 radical (unpaired) electrons. The summed E-state index contributed by atoms with van der Waals surface area (Å²) in [4.78, 5) is 23.5. The van der Waals surface area contributed by atoms with Crippen LogP contribution in [0.3, 0.4) is 0 Å². The van der Waals surface area contributed by atoms with Gasteiger partial charge in [0.05, 0.1) is 19.6 Å². The quantitative estimate of drug-likeness (QED) is 0.610. The number of ether oxygens (including phenoxy) is 1. The lowest BCUT2D eigenvalue weighted by molar-refractivity contribution is -0.140. The molecule has 0 aliphatic carbocycles. The third-order valence-electron chi connectivity index (χ3n) is 2.32. The van der Waals surface area contributed by atoms with Gasteiger partial charge in [0.25, 0.3) is 0 Å². The zero-order chi connectivity index (χ0) is 11.3. The van der Waals surface area contributed by atoms with Gasteiger partial charge in [-0.15, -0.1) is 0 Å². The minimum atomic E-state index is -0.853. The van der Waals surface area contributed by atoms with E-state index in [2.05, 4.69) is 5.32 Å². The van der Waals surface area contributed by atoms with Crippen LogP contribution in [0.1, 0.15) is 6.42 Å². The number of carboxylic acids is 1. The van der Waals surface area contributed by atoms with Crippen molar-refractivity contribution in [2.45, 2.75) is 12.5 Å². The zero-order valence-electron chi connectivity index (χ0n) is 8.73. The third kappa shape index (κ3) is 3.85. The monoisotopic (exact) mass is 216 g/mol. The fraction of sp³-hybridized carbons (Fsp3) is 0.778. The number of piperazine rings is 1. The molecule has 6 heteroatoms. The van der Waals surface area contributed by atoms with E-state index in [1.54, 1.807) is 12.0 Å². The van der Waals surface area contributed by atoms with Crippen LogP contribution in [0, 0.1) is 0 Å². The number of carboxylic acid groups (broad SMARTS) is 1. The van der Waals surface area contributed by atoms with E-state index >= 15 is 0 Å². The molecule has 1 aliphatic rings. The summed E-state index contributed by atoms with van der Waals surface area (Å²) in [6, 6.07) is -0.156. The van der Waals surface area contributed by atoms with E-state index in [1.165, 1.54) is 0 Å². The third-order valence-corrected chi connectivity index (χ3v) is 2.32. The van der Waals surface area contributed by atoms with Crippen molar-refractivity contribution < 1.29 is 19.4 Å². The number of carbonyl (C=O) groups excluding carboxylic acids is 1. The first kappa shape index (κ1) is 11.9. The second kappa shape index (κ2) is 5.67. The Hall–Kier alpha value is -1.14. The molecular formula is C9H16N2O4. The molecular weight excluding hydrogens is 200 g/mol. The fourth-order valence-electron chi connectivity index (χ4n) is 1.54. The predicted molar refractivity (Wildman–Crippen MR) is 52.5 cm³/mol. The van der Waals surface area contributed by atoms with Gasteiger partial charge in [0.1, 0.15) is 0 Å². The number of amides is 1. The second-order valence-corrected chi connectivity index (χ2v) is 3.51. The minimum absolute atomic E-state index is 0.00584. The fourth-order valence-corrected chi connectivity index (χ4v) is 1.54. The Bertz CT molecular complexity index is 244. The van der Waals surface area contributed by atoms with Crippen molar-refractivity contribution in [1.29, 1.82) is 0 Å². The summed E-state index contributed by atoms with van der Waals surface area (Å²) in [7, 11) is 1.57. The maximum absolute atomic E-state index is 11.4. The largest absolute Gasteiger partial charge is 0.481 e. The van der Waals surface area contributed by atoms with Crippen molar-refractivity contribution in [3.8, 4) is 0 Å². The van der Waals surface area contributed by atoms with Gasteiger partial charge in [0, 0.05) is 26.2 Å². The average Bonchev–Trinajstić information content (AvgIpc) is 2.18. The van der Waals surface area contributed by atoms with Crippen LogP contribution in [0.2, 0.25) is 0 Å². The predicted octanol–water partition coefficient (Wildman–Crippen LogP) is -1.09. The summed E-state index contributed by atoms with van der Waals surface area (Å²) in [6.07, 6.45) is 0.0385. The molecule has 1 saturated heterocycles. The number of methoxy groups -OCH3 is 1. The molecule has 15 heavy (non-hydrogen) atoms. The molecule has 6 nitrogen and oxygen atoms in total. The molecule has 0 spiro atoms. The first-order valence-electron chi connectivity index (χ1n) is 4.85. The van der Waals surface area contributed by atoms with E-state index in [9.17, 15) is 9.59 Å². The molecule has 1 aliphatic heterocycles. The van der Waals surface area contributed by atoms with E-state index in [0.717, 1.165) is 0 Å². The van der Waals surface area contributed by atoms with Gasteiger partial charge in [0.15, 0.2) is 0 Å². The number of hydrogen-bond donors (Lipinski definition) is 2. The van der Waals surface area contributed by atoms with E-state index < -0.39 is 5.97 Å². The Morgan fingerprint density at radius 3 is 3.07 bits per heavy atom. The number of nitrogens with zero attached hydrogens (tertiary/aromatic N) is 1. The van der Waals surface area contributed by atoms with Crippen molar-refractivity contribution in [2.75, 3.05) is 33.4 Å². The normalized spacial score (nSPS) is 21.8. The Morgan fingerprint density at radius 2 is 2.47 bits per heavy atom. The topological polar surface area (TPSA) is 78.9 Å². The van der Waals surface area contributed by atoms with Crippen LogP contribution in [-0.2, 0) is 14.3 Å². The molecule has 86 valence electrons. The van der Waals surface area contributed by atoms with E-state index in [-0.39, 0.29) is 24.9 Å². The maximum Gasteiger partial charge on any atom is 0.304 e. The standard InChI is InChI=1S/C9H16N2O4/c1-15-3-2-11-6-7(4-9(13)14)10-5-8(11)12/h7,10H,2-6H2,1H3,(H,13,14). The van der Waals surface area contributed by atoms with Crippen molar-refractivity contribution >= 4 is 11.9 Å². The number of hydrogen-bond acceptors (Lipinski definition) is 4. The van der Waals surface area contributed by atoms with E-state index in [4.69, 9.17) is 9.84 Å². The highest BCUT2D eigenvalue weighted by atomic mass is 16.5. The Kier molecular flexibility index (Phi) is 4.51. The van der Waals surface area contributed by atoms with Crippen LogP contribution < -0.4 is 5.32 Å². The van der Waals surface area contributed by atoms with Gasteiger partial charge >= 0.3 is 5.97 Å². The smallest absolute Gasteiger partial charge is 0.304 e. The molecule has 1 heterocycles. The number of rotatable bonds is 5. The van der Waals surface area contributed by atoms with Gasteiger partial charge in [-0.3, -0.25) is 9.59 Å². The van der Waals surface area contributed by atoms with Gasteiger partial charge in [-0.1, -0.05) is 0 Å². The van der Waals surface area contributed by atoms with Crippen LogP contribution in [0.4, 0.5) is 0 Å². The minimum Gasteiger partial charge on any atom is -0.481 e. The van der Waals surface area contributed by atoms with Gasteiger partial charge in [-0.05, 0) is 0 Å². The number of nitrogens with one attached hydrogen (secondary N) is 1. The van der Waals surface area contributed by atoms with Crippen LogP contribution in [0.15, 0.2) is 0 Å². The molecule has 1 fully saturated rings. The van der Waals surface area contributed by atoms with Crippen LogP contribution in [0.25, 0.3) is 0 Å². The first-order valence-corrected chi connectivity index (χ1v) is 4.85. The lowest BCUT2D eigenvalue weighted by atomic mass is 10.1. The van der Waals surface area contributed by atoms with Gasteiger partial charge in [-0.25, -0.2) is 0 Å². The lowest BCUT2D eigenvalue weighted by Gasteiger charge is -2.32. The van der Waals surface area contributed by atoms with Gasteiger partial charge in [0.2, 0.25) is 5.91 Å². The Morgan fingerprint density at radius 1 is 1.73 bits per heavy atom. The van der Waals surface area contributed by atoms with Crippen LogP contribution >= 0.6 is 0 Å². The molecule has 1 unspecified atom stereocenters. The summed E-state index contributed by atoms with van der Waals surface area (Å²) in [5.74, 6) is -0.859. The number of carbonyl (C=O) groups is 2. The van der Waals surface area contributed by atoms with Gasteiger partial charge < -0.3 is 20.1 Å². The molecule has 0 aromatic rings. The average molecular weight is 216 g/mol. The Balaban J connectivity index is 2.40. The van der Waals surface area contributed by atoms with Crippen molar-refractivity contribution in [3.63, 3.8) is 0 Å². The first-order chi connectivity index (χ1) is 7.13. The van der Waals surface area contributed by atoms with E-state index in [0.29, 0.717) is 19.7 Å². The SMILES string of the molecule is COCCN1CC(CC(=O)O)NCC1=O. The van der Waals surface area contributed by atoms with Gasteiger partial charge in [-0.2, -0.15) is 0 Å². The molecule has 2 N–H and O–H groups in total. The summed E-state index contributed by atoms with van der Waals surface area (Å²) >= 11 is 0. The summed E-state index contributed by atoms with van der Waals surface area (Å²) < 4.78 is 4.88. The van der Waals surface area contributed by atoms with Crippen LogP contribution in [0.5, 0.6) is 0 Å². The highest BCUT2D eigenvalue weighted by molar-refractivity contribution is 5.79. The molecule has 1 amide bonds. The highest BCUT2D eigenvalue weighted by Gasteiger charge is 2.25. The molecule has 1 rings (SSSR count). The van der Waals surface area contributed by atoms with Crippen molar-refractivity contribution in [1.82, 2.24) is 10.2 Å². The zero-order valence-corrected chi connectivity index (χ0v) is 8.73. The van der Waals surface area contributed by atoms with E-state index in [1.807, 2.05) is 0 Å².